The Balaban J connectivity index is 1.78. The molecule has 1 N–H and O–H groups in total. The van der Waals surface area contributed by atoms with E-state index in [1.54, 1.807) is 43.3 Å². The Labute approximate surface area is 163 Å². The molecule has 146 valence electrons. The summed E-state index contributed by atoms with van der Waals surface area (Å²) < 4.78 is 9.84. The Kier molecular flexibility index (Phi) is 5.63. The molecule has 0 aliphatic carbocycles. The van der Waals surface area contributed by atoms with Crippen LogP contribution in [0.5, 0.6) is 5.75 Å². The molecule has 3 rings (SSSR count). The zero-order valence-electron chi connectivity index (χ0n) is 16.0. The molecule has 7 heteroatoms. The van der Waals surface area contributed by atoms with Gasteiger partial charge in [0.25, 0.3) is 0 Å². The van der Waals surface area contributed by atoms with Crippen molar-refractivity contribution in [3.05, 3.63) is 59.7 Å². The van der Waals surface area contributed by atoms with E-state index in [0.29, 0.717) is 17.0 Å². The molecule has 1 fully saturated rings. The molecule has 0 unspecified atom stereocenters. The summed E-state index contributed by atoms with van der Waals surface area (Å²) >= 11 is 0. The van der Waals surface area contributed by atoms with Crippen molar-refractivity contribution in [3.63, 3.8) is 0 Å². The molecule has 1 heterocycles. The van der Waals surface area contributed by atoms with Crippen LogP contribution in [0.15, 0.2) is 48.5 Å². The molecule has 0 spiro atoms. The third-order valence-electron chi connectivity index (χ3n) is 4.95. The third kappa shape index (κ3) is 3.83. The van der Waals surface area contributed by atoms with Gasteiger partial charge in [0.15, 0.2) is 0 Å². The van der Waals surface area contributed by atoms with E-state index in [4.69, 9.17) is 4.74 Å². The molecule has 2 atom stereocenters. The van der Waals surface area contributed by atoms with E-state index < -0.39 is 11.9 Å². The first kappa shape index (κ1) is 19.4. The highest BCUT2D eigenvalue weighted by atomic mass is 16.5. The first-order chi connectivity index (χ1) is 13.4. The Morgan fingerprint density at radius 3 is 2.25 bits per heavy atom. The predicted molar refractivity (Wildman–Crippen MR) is 103 cm³/mol. The highest BCUT2D eigenvalue weighted by Gasteiger charge is 2.42. The molecule has 1 aliphatic rings. The zero-order valence-corrected chi connectivity index (χ0v) is 16.0. The lowest BCUT2D eigenvalue weighted by molar-refractivity contribution is -0.128. The summed E-state index contributed by atoms with van der Waals surface area (Å²) in [5, 5.41) is 2.84. The van der Waals surface area contributed by atoms with E-state index in [1.807, 2.05) is 24.3 Å². The quantitative estimate of drug-likeness (QED) is 0.804. The number of benzene rings is 2. The SMILES string of the molecule is COC(=O)c1ccc(NC(=O)[C@@H]2CC(=O)N(C)[C@H]2c2ccc(OC)cc2)cc1. The predicted octanol–water partition coefficient (Wildman–Crippen LogP) is 2.64. The Hall–Kier alpha value is -3.35. The van der Waals surface area contributed by atoms with Crippen molar-refractivity contribution in [1.82, 2.24) is 4.90 Å². The molecular weight excluding hydrogens is 360 g/mol. The molecule has 0 aromatic heterocycles. The number of hydrogen-bond donors (Lipinski definition) is 1. The van der Waals surface area contributed by atoms with Crippen molar-refractivity contribution in [1.29, 1.82) is 0 Å². The summed E-state index contributed by atoms with van der Waals surface area (Å²) in [5.74, 6) is -0.583. The van der Waals surface area contributed by atoms with Crippen molar-refractivity contribution in [3.8, 4) is 5.75 Å². The molecule has 1 saturated heterocycles. The van der Waals surface area contributed by atoms with Gasteiger partial charge in [0.05, 0.1) is 31.7 Å². The Morgan fingerprint density at radius 2 is 1.68 bits per heavy atom. The first-order valence-electron chi connectivity index (χ1n) is 8.83. The highest BCUT2D eigenvalue weighted by Crippen LogP contribution is 2.38. The van der Waals surface area contributed by atoms with E-state index in [9.17, 15) is 14.4 Å². The minimum Gasteiger partial charge on any atom is -0.497 e. The second kappa shape index (κ2) is 8.12. The van der Waals surface area contributed by atoms with Crippen LogP contribution < -0.4 is 10.1 Å². The number of methoxy groups -OCH3 is 2. The van der Waals surface area contributed by atoms with E-state index in [1.165, 1.54) is 7.11 Å². The van der Waals surface area contributed by atoms with Gasteiger partial charge in [0, 0.05) is 19.2 Å². The van der Waals surface area contributed by atoms with Crippen LogP contribution in [0.4, 0.5) is 5.69 Å². The number of amides is 2. The fraction of sp³-hybridized carbons (Fsp3) is 0.286. The summed E-state index contributed by atoms with van der Waals surface area (Å²) in [7, 11) is 4.60. The average molecular weight is 382 g/mol. The van der Waals surface area contributed by atoms with Crippen molar-refractivity contribution in [2.24, 2.45) is 5.92 Å². The minimum atomic E-state index is -0.522. The maximum atomic E-state index is 12.9. The van der Waals surface area contributed by atoms with E-state index in [2.05, 4.69) is 10.1 Å². The summed E-state index contributed by atoms with van der Waals surface area (Å²) in [6.07, 6.45) is 0.138. The van der Waals surface area contributed by atoms with Crippen molar-refractivity contribution in [2.75, 3.05) is 26.6 Å². The number of esters is 1. The summed E-state index contributed by atoms with van der Waals surface area (Å²) in [6, 6.07) is 13.4. The number of rotatable bonds is 5. The average Bonchev–Trinajstić information content (AvgIpc) is 3.02. The molecular formula is C21H22N2O5. The van der Waals surface area contributed by atoms with Crippen LogP contribution in [0, 0.1) is 5.92 Å². The van der Waals surface area contributed by atoms with Gasteiger partial charge < -0.3 is 19.7 Å². The normalized spacial score (nSPS) is 18.7. The largest absolute Gasteiger partial charge is 0.497 e. The number of hydrogen-bond acceptors (Lipinski definition) is 5. The maximum Gasteiger partial charge on any atom is 0.337 e. The number of likely N-dealkylation sites (tertiary alicyclic amines) is 1. The number of ether oxygens (including phenoxy) is 2. The van der Waals surface area contributed by atoms with Crippen LogP contribution in [0.1, 0.15) is 28.4 Å². The van der Waals surface area contributed by atoms with E-state index in [-0.39, 0.29) is 24.3 Å². The minimum absolute atomic E-state index is 0.0815. The van der Waals surface area contributed by atoms with Crippen LogP contribution >= 0.6 is 0 Å². The highest BCUT2D eigenvalue weighted by molar-refractivity contribution is 5.98. The number of nitrogens with one attached hydrogen (secondary N) is 1. The molecule has 2 aromatic rings. The number of nitrogens with zero attached hydrogens (tertiary/aromatic N) is 1. The molecule has 7 nitrogen and oxygen atoms in total. The topological polar surface area (TPSA) is 84.9 Å². The van der Waals surface area contributed by atoms with Crippen LogP contribution in [0.2, 0.25) is 0 Å². The first-order valence-corrected chi connectivity index (χ1v) is 8.83. The van der Waals surface area contributed by atoms with Gasteiger partial charge in [-0.2, -0.15) is 0 Å². The number of carbonyl (C=O) groups is 3. The molecule has 28 heavy (non-hydrogen) atoms. The van der Waals surface area contributed by atoms with Crippen LogP contribution in [0.25, 0.3) is 0 Å². The van der Waals surface area contributed by atoms with Gasteiger partial charge in [0.2, 0.25) is 11.8 Å². The van der Waals surface area contributed by atoms with Gasteiger partial charge in [-0.3, -0.25) is 9.59 Å². The maximum absolute atomic E-state index is 12.9. The lowest BCUT2D eigenvalue weighted by atomic mass is 9.92. The van der Waals surface area contributed by atoms with Crippen molar-refractivity contribution < 1.29 is 23.9 Å². The smallest absolute Gasteiger partial charge is 0.337 e. The van der Waals surface area contributed by atoms with Gasteiger partial charge >= 0.3 is 5.97 Å². The second-order valence-electron chi connectivity index (χ2n) is 6.59. The van der Waals surface area contributed by atoms with Crippen molar-refractivity contribution in [2.45, 2.75) is 12.5 Å². The standard InChI is InChI=1S/C21H22N2O5/c1-23-18(24)12-17(19(23)13-6-10-16(27-2)11-7-13)20(25)22-15-8-4-14(5-9-15)21(26)28-3/h4-11,17,19H,12H2,1-3H3,(H,22,25)/t17-,19+/m1/s1. The van der Waals surface area contributed by atoms with Crippen LogP contribution in [-0.2, 0) is 14.3 Å². The number of anilines is 1. The van der Waals surface area contributed by atoms with Crippen LogP contribution in [0.3, 0.4) is 0 Å². The van der Waals surface area contributed by atoms with E-state index in [0.717, 1.165) is 5.56 Å². The molecule has 0 radical (unpaired) electrons. The molecule has 0 bridgehead atoms. The zero-order chi connectivity index (χ0) is 20.3. The lowest BCUT2D eigenvalue weighted by Crippen LogP contribution is -2.30. The fourth-order valence-corrected chi connectivity index (χ4v) is 3.40. The van der Waals surface area contributed by atoms with Gasteiger partial charge in [-0.1, -0.05) is 12.1 Å². The number of carbonyl (C=O) groups excluding carboxylic acids is 3. The van der Waals surface area contributed by atoms with Crippen LogP contribution in [-0.4, -0.2) is 44.0 Å². The third-order valence-corrected chi connectivity index (χ3v) is 4.95. The van der Waals surface area contributed by atoms with Crippen molar-refractivity contribution >= 4 is 23.5 Å². The molecule has 2 amide bonds. The summed E-state index contributed by atoms with van der Waals surface area (Å²) in [5.41, 5.74) is 1.82. The van der Waals surface area contributed by atoms with Gasteiger partial charge in [-0.15, -0.1) is 0 Å². The Bertz CT molecular complexity index is 877. The summed E-state index contributed by atoms with van der Waals surface area (Å²) in [4.78, 5) is 38.3. The fourth-order valence-electron chi connectivity index (χ4n) is 3.40. The van der Waals surface area contributed by atoms with Gasteiger partial charge in [-0.05, 0) is 42.0 Å². The monoisotopic (exact) mass is 382 g/mol. The molecule has 2 aromatic carbocycles. The van der Waals surface area contributed by atoms with Gasteiger partial charge in [-0.25, -0.2) is 4.79 Å². The summed E-state index contributed by atoms with van der Waals surface area (Å²) in [6.45, 7) is 0. The molecule has 0 saturated carbocycles. The second-order valence-corrected chi connectivity index (χ2v) is 6.59. The molecule has 1 aliphatic heterocycles. The van der Waals surface area contributed by atoms with E-state index >= 15 is 0 Å². The lowest BCUT2D eigenvalue weighted by Gasteiger charge is -2.25. The van der Waals surface area contributed by atoms with Gasteiger partial charge in [0.1, 0.15) is 5.75 Å². The Morgan fingerprint density at radius 1 is 1.04 bits per heavy atom.